The second kappa shape index (κ2) is 5.84. The molecule has 7 nitrogen and oxygen atoms in total. The molecule has 1 saturated heterocycles. The van der Waals surface area contributed by atoms with Crippen LogP contribution < -0.4 is 10.2 Å². The molecule has 2 aromatic heterocycles. The number of anilines is 1. The largest absolute Gasteiger partial charge is 0.440 e. The van der Waals surface area contributed by atoms with Crippen LogP contribution in [0.25, 0.3) is 0 Å². The predicted octanol–water partition coefficient (Wildman–Crippen LogP) is 1.59. The fraction of sp³-hybridized carbons (Fsp3) is 0.357. The van der Waals surface area contributed by atoms with Gasteiger partial charge in [0.15, 0.2) is 16.8 Å². The van der Waals surface area contributed by atoms with Crippen LogP contribution in [0.15, 0.2) is 28.8 Å². The molecule has 3 rings (SSSR count). The first-order valence-corrected chi connectivity index (χ1v) is 7.29. The number of hydrogen-bond acceptors (Lipinski definition) is 4. The summed E-state index contributed by atoms with van der Waals surface area (Å²) < 4.78 is 6.68. The van der Waals surface area contributed by atoms with E-state index in [0.717, 1.165) is 6.42 Å². The van der Waals surface area contributed by atoms with Crippen LogP contribution >= 0.6 is 11.6 Å². The van der Waals surface area contributed by atoms with E-state index < -0.39 is 11.9 Å². The van der Waals surface area contributed by atoms with Crippen molar-refractivity contribution in [1.82, 2.24) is 15.1 Å². The Bertz CT molecular complexity index is 709. The first-order valence-electron chi connectivity index (χ1n) is 6.92. The average molecular weight is 323 g/mol. The summed E-state index contributed by atoms with van der Waals surface area (Å²) in [4.78, 5) is 26.2. The molecular formula is C14H15ClN4O3. The Kier molecular flexibility index (Phi) is 3.89. The highest BCUT2D eigenvalue weighted by Crippen LogP contribution is 2.20. The van der Waals surface area contributed by atoms with Crippen LogP contribution in [0.5, 0.6) is 0 Å². The summed E-state index contributed by atoms with van der Waals surface area (Å²) in [6.45, 7) is 0.592. The van der Waals surface area contributed by atoms with Gasteiger partial charge in [-0.25, -0.2) is 0 Å². The molecule has 0 aliphatic carbocycles. The lowest BCUT2D eigenvalue weighted by atomic mass is 10.0. The van der Waals surface area contributed by atoms with Crippen LogP contribution in [-0.2, 0) is 11.8 Å². The van der Waals surface area contributed by atoms with E-state index in [4.69, 9.17) is 16.0 Å². The smallest absolute Gasteiger partial charge is 0.287 e. The molecule has 0 radical (unpaired) electrons. The van der Waals surface area contributed by atoms with E-state index in [-0.39, 0.29) is 16.9 Å². The van der Waals surface area contributed by atoms with Gasteiger partial charge in [-0.05, 0) is 36.6 Å². The van der Waals surface area contributed by atoms with Gasteiger partial charge in [-0.2, -0.15) is 5.10 Å². The van der Waals surface area contributed by atoms with E-state index >= 15 is 0 Å². The normalized spacial score (nSPS) is 18.5. The van der Waals surface area contributed by atoms with E-state index in [9.17, 15) is 9.59 Å². The standard InChI is InChI=1S/C14H15ClN4O3/c1-18-8-6-12(17-18)19-7-2-3-9(14(19)21)16-13(20)10-4-5-11(15)22-10/h4-6,8-9H,2-3,7H2,1H3,(H,16,20). The SMILES string of the molecule is Cn1ccc(N2CCCC(NC(=O)c3ccc(Cl)o3)C2=O)n1. The zero-order valence-electron chi connectivity index (χ0n) is 12.0. The number of aryl methyl sites for hydroxylation is 1. The lowest BCUT2D eigenvalue weighted by Crippen LogP contribution is -2.52. The number of hydrogen-bond donors (Lipinski definition) is 1. The van der Waals surface area contributed by atoms with Crippen molar-refractivity contribution in [3.63, 3.8) is 0 Å². The molecular weight excluding hydrogens is 308 g/mol. The Labute approximate surface area is 131 Å². The van der Waals surface area contributed by atoms with Gasteiger partial charge in [0, 0.05) is 25.9 Å². The molecule has 0 bridgehead atoms. The highest BCUT2D eigenvalue weighted by Gasteiger charge is 2.32. The molecule has 22 heavy (non-hydrogen) atoms. The molecule has 0 aromatic carbocycles. The minimum Gasteiger partial charge on any atom is -0.440 e. The molecule has 0 saturated carbocycles. The summed E-state index contributed by atoms with van der Waals surface area (Å²) in [5.74, 6) is 0.0596. The number of nitrogens with zero attached hydrogens (tertiary/aromatic N) is 3. The topological polar surface area (TPSA) is 80.4 Å². The predicted molar refractivity (Wildman–Crippen MR) is 79.8 cm³/mol. The molecule has 116 valence electrons. The molecule has 1 N–H and O–H groups in total. The third-order valence-corrected chi connectivity index (χ3v) is 3.72. The van der Waals surface area contributed by atoms with Crippen molar-refractivity contribution in [1.29, 1.82) is 0 Å². The van der Waals surface area contributed by atoms with Gasteiger partial charge >= 0.3 is 0 Å². The van der Waals surface area contributed by atoms with E-state index in [1.807, 2.05) is 0 Å². The number of nitrogens with one attached hydrogen (secondary N) is 1. The van der Waals surface area contributed by atoms with Crippen LogP contribution in [-0.4, -0.2) is 34.2 Å². The summed E-state index contributed by atoms with van der Waals surface area (Å²) >= 11 is 5.65. The molecule has 1 fully saturated rings. The molecule has 3 heterocycles. The van der Waals surface area contributed by atoms with E-state index in [1.165, 1.54) is 12.1 Å². The number of piperidine rings is 1. The number of rotatable bonds is 3. The van der Waals surface area contributed by atoms with Crippen molar-refractivity contribution in [2.24, 2.45) is 7.05 Å². The van der Waals surface area contributed by atoms with Gasteiger partial charge in [-0.1, -0.05) is 0 Å². The second-order valence-electron chi connectivity index (χ2n) is 5.11. The molecule has 0 spiro atoms. The van der Waals surface area contributed by atoms with Gasteiger partial charge in [0.2, 0.25) is 0 Å². The van der Waals surface area contributed by atoms with Crippen LogP contribution in [0.2, 0.25) is 5.22 Å². The Morgan fingerprint density at radius 3 is 2.91 bits per heavy atom. The van der Waals surface area contributed by atoms with Crippen LogP contribution in [0.1, 0.15) is 23.4 Å². The fourth-order valence-corrected chi connectivity index (χ4v) is 2.60. The third kappa shape index (κ3) is 2.85. The maximum Gasteiger partial charge on any atom is 0.287 e. The summed E-state index contributed by atoms with van der Waals surface area (Å²) in [7, 11) is 1.79. The van der Waals surface area contributed by atoms with Gasteiger partial charge in [0.05, 0.1) is 0 Å². The number of amides is 2. The average Bonchev–Trinajstić information content (AvgIpc) is 3.10. The number of halogens is 1. The molecule has 1 unspecified atom stereocenters. The maximum atomic E-state index is 12.5. The Balaban J connectivity index is 1.71. The van der Waals surface area contributed by atoms with E-state index in [1.54, 1.807) is 28.9 Å². The number of carbonyl (C=O) groups is 2. The van der Waals surface area contributed by atoms with Crippen molar-refractivity contribution in [3.8, 4) is 0 Å². The summed E-state index contributed by atoms with van der Waals surface area (Å²) in [6.07, 6.45) is 3.14. The van der Waals surface area contributed by atoms with Gasteiger partial charge in [0.1, 0.15) is 6.04 Å². The minimum absolute atomic E-state index is 0.0905. The minimum atomic E-state index is -0.591. The molecule has 2 aromatic rings. The lowest BCUT2D eigenvalue weighted by molar-refractivity contribution is -0.121. The zero-order valence-corrected chi connectivity index (χ0v) is 12.7. The molecule has 2 amide bonds. The fourth-order valence-electron chi connectivity index (χ4n) is 2.45. The van der Waals surface area contributed by atoms with Crippen LogP contribution in [0.3, 0.4) is 0 Å². The number of carbonyl (C=O) groups excluding carboxylic acids is 2. The van der Waals surface area contributed by atoms with Crippen LogP contribution in [0, 0.1) is 0 Å². The maximum absolute atomic E-state index is 12.5. The Hall–Kier alpha value is -2.28. The van der Waals surface area contributed by atoms with Crippen molar-refractivity contribution in [3.05, 3.63) is 35.4 Å². The van der Waals surface area contributed by atoms with Gasteiger partial charge in [-0.3, -0.25) is 19.2 Å². The highest BCUT2D eigenvalue weighted by atomic mass is 35.5. The third-order valence-electron chi connectivity index (χ3n) is 3.52. The van der Waals surface area contributed by atoms with Gasteiger partial charge < -0.3 is 9.73 Å². The molecule has 1 atom stereocenters. The van der Waals surface area contributed by atoms with Crippen molar-refractivity contribution in [2.45, 2.75) is 18.9 Å². The number of aromatic nitrogens is 2. The van der Waals surface area contributed by atoms with E-state index in [2.05, 4.69) is 10.4 Å². The first-order chi connectivity index (χ1) is 10.5. The number of furan rings is 1. The first kappa shape index (κ1) is 14.6. The summed E-state index contributed by atoms with van der Waals surface area (Å²) in [6, 6.07) is 4.14. The summed E-state index contributed by atoms with van der Waals surface area (Å²) in [5, 5.41) is 7.06. The van der Waals surface area contributed by atoms with Crippen molar-refractivity contribution in [2.75, 3.05) is 11.4 Å². The highest BCUT2D eigenvalue weighted by molar-refractivity contribution is 6.29. The van der Waals surface area contributed by atoms with Crippen molar-refractivity contribution < 1.29 is 14.0 Å². The van der Waals surface area contributed by atoms with Gasteiger partial charge in [0.25, 0.3) is 11.8 Å². The monoisotopic (exact) mass is 322 g/mol. The summed E-state index contributed by atoms with van der Waals surface area (Å²) in [5.41, 5.74) is 0. The molecule has 8 heteroatoms. The van der Waals surface area contributed by atoms with Crippen molar-refractivity contribution >= 4 is 29.2 Å². The van der Waals surface area contributed by atoms with Crippen LogP contribution in [0.4, 0.5) is 5.82 Å². The quantitative estimate of drug-likeness (QED) is 0.930. The zero-order chi connectivity index (χ0) is 15.7. The Morgan fingerprint density at radius 1 is 1.45 bits per heavy atom. The lowest BCUT2D eigenvalue weighted by Gasteiger charge is -2.30. The second-order valence-corrected chi connectivity index (χ2v) is 5.48. The van der Waals surface area contributed by atoms with Gasteiger partial charge in [-0.15, -0.1) is 0 Å². The molecule has 1 aliphatic rings. The Morgan fingerprint density at radius 2 is 2.27 bits per heavy atom. The van der Waals surface area contributed by atoms with E-state index in [0.29, 0.717) is 18.8 Å². The molecule has 1 aliphatic heterocycles.